The molecule has 3 rings (SSSR count). The van der Waals surface area contributed by atoms with Crippen molar-refractivity contribution < 1.29 is 9.59 Å². The zero-order chi connectivity index (χ0) is 16.4. The van der Waals surface area contributed by atoms with Crippen molar-refractivity contribution in [1.82, 2.24) is 0 Å². The third-order valence-corrected chi connectivity index (χ3v) is 4.63. The standard InChI is InChI=1S/C17H19NO2.CH3B/c1-10-4-6-13(7-5-10)18-16(19)14-8-11(2)12(3)9-15(14)17(18)20;1-2/h4-7,14-15H,8-9H2,1-3H3;1H3. The van der Waals surface area contributed by atoms with Crippen LogP contribution in [-0.4, -0.2) is 19.7 Å². The number of carbonyl (C=O) groups excluding carboxylic acids is 2. The molecule has 1 aliphatic heterocycles. The summed E-state index contributed by atoms with van der Waals surface area (Å²) in [6, 6.07) is 7.59. The van der Waals surface area contributed by atoms with Gasteiger partial charge in [-0.2, -0.15) is 0 Å². The molecule has 1 aromatic rings. The number of hydrogen-bond acceptors (Lipinski definition) is 2. The van der Waals surface area contributed by atoms with E-state index in [9.17, 15) is 9.59 Å². The number of benzene rings is 1. The van der Waals surface area contributed by atoms with Crippen molar-refractivity contribution in [1.29, 1.82) is 0 Å². The van der Waals surface area contributed by atoms with E-state index >= 15 is 0 Å². The van der Waals surface area contributed by atoms with Gasteiger partial charge in [0, 0.05) is 0 Å². The zero-order valence-corrected chi connectivity index (χ0v) is 13.7. The van der Waals surface area contributed by atoms with E-state index < -0.39 is 0 Å². The molecule has 1 heterocycles. The van der Waals surface area contributed by atoms with Crippen LogP contribution >= 0.6 is 0 Å². The third-order valence-electron chi connectivity index (χ3n) is 4.63. The maximum atomic E-state index is 12.6. The van der Waals surface area contributed by atoms with Gasteiger partial charge in [-0.1, -0.05) is 35.7 Å². The second kappa shape index (κ2) is 6.51. The highest BCUT2D eigenvalue weighted by atomic mass is 16.2. The van der Waals surface area contributed by atoms with Crippen molar-refractivity contribution in [3.05, 3.63) is 41.0 Å². The third kappa shape index (κ3) is 2.74. The van der Waals surface area contributed by atoms with Crippen LogP contribution in [0.4, 0.5) is 5.69 Å². The Kier molecular flexibility index (Phi) is 4.89. The highest BCUT2D eigenvalue weighted by Gasteiger charge is 2.49. The molecule has 2 unspecified atom stereocenters. The summed E-state index contributed by atoms with van der Waals surface area (Å²) in [6.07, 6.45) is 1.45. The summed E-state index contributed by atoms with van der Waals surface area (Å²) in [4.78, 5) is 26.5. The van der Waals surface area contributed by atoms with Crippen LogP contribution in [0.25, 0.3) is 0 Å². The van der Waals surface area contributed by atoms with Crippen molar-refractivity contribution >= 4 is 25.3 Å². The second-order valence-corrected chi connectivity index (χ2v) is 6.03. The number of nitrogens with zero attached hydrogens (tertiary/aromatic N) is 1. The number of carbonyl (C=O) groups is 2. The highest BCUT2D eigenvalue weighted by molar-refractivity contribution is 6.22. The summed E-state index contributed by atoms with van der Waals surface area (Å²) >= 11 is 0. The first-order chi connectivity index (χ1) is 10.5. The number of imide groups is 1. The molecular formula is C18H22BNO2. The lowest BCUT2D eigenvalue weighted by atomic mass is 9.78. The van der Waals surface area contributed by atoms with E-state index in [0.717, 1.165) is 18.4 Å². The lowest BCUT2D eigenvalue weighted by Crippen LogP contribution is -2.30. The molecule has 1 saturated heterocycles. The topological polar surface area (TPSA) is 37.4 Å². The van der Waals surface area contributed by atoms with Gasteiger partial charge < -0.3 is 0 Å². The van der Waals surface area contributed by atoms with E-state index in [4.69, 9.17) is 0 Å². The highest BCUT2D eigenvalue weighted by Crippen LogP contribution is 2.42. The van der Waals surface area contributed by atoms with Gasteiger partial charge in [0.2, 0.25) is 11.8 Å². The second-order valence-electron chi connectivity index (χ2n) is 6.03. The fourth-order valence-corrected chi connectivity index (χ4v) is 3.20. The van der Waals surface area contributed by atoms with Crippen molar-refractivity contribution in [2.24, 2.45) is 11.8 Å². The summed E-state index contributed by atoms with van der Waals surface area (Å²) < 4.78 is 0. The Morgan fingerprint density at radius 2 is 1.27 bits per heavy atom. The molecular weight excluding hydrogens is 273 g/mol. The van der Waals surface area contributed by atoms with E-state index in [-0.39, 0.29) is 23.7 Å². The van der Waals surface area contributed by atoms with Crippen molar-refractivity contribution in [2.75, 3.05) is 4.90 Å². The Morgan fingerprint density at radius 1 is 0.864 bits per heavy atom. The maximum Gasteiger partial charge on any atom is 0.238 e. The average Bonchev–Trinajstić information content (AvgIpc) is 2.75. The fourth-order valence-electron chi connectivity index (χ4n) is 3.20. The molecule has 1 fully saturated rings. The van der Waals surface area contributed by atoms with E-state index in [0.29, 0.717) is 5.69 Å². The number of anilines is 1. The largest absolute Gasteiger partial charge is 0.274 e. The van der Waals surface area contributed by atoms with Crippen LogP contribution in [0.15, 0.2) is 35.4 Å². The van der Waals surface area contributed by atoms with E-state index in [1.807, 2.05) is 31.2 Å². The minimum Gasteiger partial charge on any atom is -0.274 e. The van der Waals surface area contributed by atoms with E-state index in [1.165, 1.54) is 22.9 Å². The van der Waals surface area contributed by atoms with E-state index in [2.05, 4.69) is 21.7 Å². The number of fused-ring (bicyclic) bond motifs is 1. The molecule has 0 spiro atoms. The smallest absolute Gasteiger partial charge is 0.238 e. The van der Waals surface area contributed by atoms with Crippen molar-refractivity contribution in [2.45, 2.75) is 40.4 Å². The Morgan fingerprint density at radius 3 is 1.68 bits per heavy atom. The number of amides is 2. The first-order valence-electron chi connectivity index (χ1n) is 7.66. The molecule has 2 radical (unpaired) electrons. The molecule has 0 bridgehead atoms. The number of allylic oxidation sites excluding steroid dienone is 2. The summed E-state index contributed by atoms with van der Waals surface area (Å²) in [7, 11) is 4.50. The molecule has 2 amide bonds. The number of aryl methyl sites for hydroxylation is 1. The van der Waals surface area contributed by atoms with Crippen molar-refractivity contribution in [3.63, 3.8) is 0 Å². The SMILES string of the molecule is CC1=C(C)CC2C(=O)N(c3ccc(C)cc3)C(=O)C2C1.[B]C. The monoisotopic (exact) mass is 295 g/mol. The molecule has 114 valence electrons. The van der Waals surface area contributed by atoms with Crippen LogP contribution < -0.4 is 4.90 Å². The molecule has 22 heavy (non-hydrogen) atoms. The van der Waals surface area contributed by atoms with Gasteiger partial charge in [-0.25, -0.2) is 0 Å². The molecule has 1 aliphatic carbocycles. The molecule has 2 aliphatic rings. The van der Waals surface area contributed by atoms with Crippen LogP contribution in [0.5, 0.6) is 0 Å². The van der Waals surface area contributed by atoms with Crippen LogP contribution in [0, 0.1) is 18.8 Å². The molecule has 0 aromatic heterocycles. The van der Waals surface area contributed by atoms with Crippen LogP contribution in [0.3, 0.4) is 0 Å². The Hall–Kier alpha value is -1.84. The fraction of sp³-hybridized carbons (Fsp3) is 0.444. The minimum absolute atomic E-state index is 0.0318. The summed E-state index contributed by atoms with van der Waals surface area (Å²) in [5.74, 6) is -0.383. The predicted molar refractivity (Wildman–Crippen MR) is 89.9 cm³/mol. The number of rotatable bonds is 1. The zero-order valence-electron chi connectivity index (χ0n) is 13.7. The first-order valence-corrected chi connectivity index (χ1v) is 7.66. The summed E-state index contributed by atoms with van der Waals surface area (Å²) in [5, 5.41) is 0. The molecule has 4 heteroatoms. The lowest BCUT2D eigenvalue weighted by Gasteiger charge is -2.23. The quantitative estimate of drug-likeness (QED) is 0.452. The number of hydrogen-bond donors (Lipinski definition) is 0. The van der Waals surface area contributed by atoms with Gasteiger partial charge in [0.1, 0.15) is 0 Å². The van der Waals surface area contributed by atoms with Crippen LogP contribution in [-0.2, 0) is 9.59 Å². The van der Waals surface area contributed by atoms with Gasteiger partial charge in [-0.05, 0) is 45.7 Å². The Labute approximate surface area is 133 Å². The summed E-state index contributed by atoms with van der Waals surface area (Å²) in [5.41, 5.74) is 4.35. The lowest BCUT2D eigenvalue weighted by molar-refractivity contribution is -0.122. The Balaban J connectivity index is 0.000000847. The molecule has 0 saturated carbocycles. The molecule has 3 nitrogen and oxygen atoms in total. The van der Waals surface area contributed by atoms with Gasteiger partial charge in [-0.3, -0.25) is 14.5 Å². The Bertz CT molecular complexity index is 586. The molecule has 1 aromatic carbocycles. The maximum absolute atomic E-state index is 12.6. The van der Waals surface area contributed by atoms with Gasteiger partial charge >= 0.3 is 0 Å². The minimum atomic E-state index is -0.160. The van der Waals surface area contributed by atoms with Crippen LogP contribution in [0.1, 0.15) is 32.3 Å². The van der Waals surface area contributed by atoms with Gasteiger partial charge in [-0.15, -0.1) is 0 Å². The predicted octanol–water partition coefficient (Wildman–Crippen LogP) is 3.43. The molecule has 0 N–H and O–H groups in total. The van der Waals surface area contributed by atoms with Crippen LogP contribution in [0.2, 0.25) is 6.82 Å². The normalized spacial score (nSPS) is 24.1. The van der Waals surface area contributed by atoms with Gasteiger partial charge in [0.25, 0.3) is 0 Å². The van der Waals surface area contributed by atoms with Gasteiger partial charge in [0.15, 0.2) is 0 Å². The average molecular weight is 295 g/mol. The molecule has 2 atom stereocenters. The summed E-state index contributed by atoms with van der Waals surface area (Å²) in [6.45, 7) is 7.63. The van der Waals surface area contributed by atoms with Crippen molar-refractivity contribution in [3.8, 4) is 0 Å². The van der Waals surface area contributed by atoms with Gasteiger partial charge in [0.05, 0.1) is 25.4 Å². The first kappa shape index (κ1) is 16.5. The van der Waals surface area contributed by atoms with E-state index in [1.54, 1.807) is 0 Å².